The molecule has 0 radical (unpaired) electrons. The number of hydrogen-bond acceptors (Lipinski definition) is 3. The zero-order valence-corrected chi connectivity index (χ0v) is 12.0. The highest BCUT2D eigenvalue weighted by atomic mass is 35.5. The van der Waals surface area contributed by atoms with Gasteiger partial charge in [-0.2, -0.15) is 0 Å². The largest absolute Gasteiger partial charge is 0.454 e. The first-order valence-electron chi connectivity index (χ1n) is 7.07. The van der Waals surface area contributed by atoms with E-state index >= 15 is 0 Å². The molecule has 1 aliphatic carbocycles. The van der Waals surface area contributed by atoms with E-state index in [-0.39, 0.29) is 6.79 Å². The van der Waals surface area contributed by atoms with E-state index < -0.39 is 0 Å². The van der Waals surface area contributed by atoms with Gasteiger partial charge in [0.25, 0.3) is 0 Å². The van der Waals surface area contributed by atoms with E-state index in [0.717, 1.165) is 23.8 Å². The van der Waals surface area contributed by atoms with Gasteiger partial charge in [-0.25, -0.2) is 0 Å². The van der Waals surface area contributed by atoms with Crippen molar-refractivity contribution in [3.8, 4) is 11.5 Å². The van der Waals surface area contributed by atoms with Gasteiger partial charge in [-0.05, 0) is 36.5 Å². The first-order valence-corrected chi connectivity index (χ1v) is 7.45. The minimum Gasteiger partial charge on any atom is -0.454 e. The Labute approximate surface area is 119 Å². The van der Waals surface area contributed by atoms with Crippen LogP contribution in [0.3, 0.4) is 0 Å². The number of fused-ring (bicyclic) bond motifs is 1. The molecule has 1 aromatic carbocycles. The number of halogens is 1. The molecule has 0 amide bonds. The van der Waals surface area contributed by atoms with Crippen molar-refractivity contribution in [3.05, 3.63) is 22.7 Å². The summed E-state index contributed by atoms with van der Waals surface area (Å²) >= 11 is 6.19. The lowest BCUT2D eigenvalue weighted by molar-refractivity contribution is 0.174. The van der Waals surface area contributed by atoms with Crippen LogP contribution in [0, 0.1) is 5.92 Å². The van der Waals surface area contributed by atoms with E-state index in [4.69, 9.17) is 21.1 Å². The molecule has 1 aromatic rings. The third-order valence-electron chi connectivity index (χ3n) is 3.89. The molecule has 0 saturated heterocycles. The van der Waals surface area contributed by atoms with Crippen LogP contribution in [0.15, 0.2) is 12.1 Å². The summed E-state index contributed by atoms with van der Waals surface area (Å²) in [5, 5.41) is 4.26. The van der Waals surface area contributed by atoms with Crippen molar-refractivity contribution >= 4 is 11.6 Å². The Hall–Kier alpha value is -0.930. The molecule has 2 aliphatic rings. The molecule has 3 nitrogen and oxygen atoms in total. The summed E-state index contributed by atoms with van der Waals surface area (Å²) in [7, 11) is 0. The quantitative estimate of drug-likeness (QED) is 0.862. The van der Waals surface area contributed by atoms with Crippen LogP contribution in [0.4, 0.5) is 0 Å². The van der Waals surface area contributed by atoms with Gasteiger partial charge in [-0.15, -0.1) is 0 Å². The van der Waals surface area contributed by atoms with Gasteiger partial charge in [0.2, 0.25) is 6.79 Å². The predicted octanol–water partition coefficient (Wildman–Crippen LogP) is 3.74. The molecule has 0 spiro atoms. The molecule has 1 aliphatic heterocycles. The van der Waals surface area contributed by atoms with Crippen LogP contribution < -0.4 is 14.8 Å². The Balaban J connectivity index is 1.61. The fraction of sp³-hybridized carbons (Fsp3) is 0.600. The van der Waals surface area contributed by atoms with Crippen molar-refractivity contribution in [1.29, 1.82) is 0 Å². The van der Waals surface area contributed by atoms with Gasteiger partial charge in [0, 0.05) is 12.6 Å². The Morgan fingerprint density at radius 3 is 2.95 bits per heavy atom. The molecular formula is C15H20ClNO2. The summed E-state index contributed by atoms with van der Waals surface area (Å²) in [6.45, 7) is 3.35. The lowest BCUT2D eigenvalue weighted by atomic mass is 10.1. The molecule has 1 saturated carbocycles. The second-order valence-corrected chi connectivity index (χ2v) is 5.88. The second-order valence-electron chi connectivity index (χ2n) is 5.48. The number of ether oxygens (including phenoxy) is 2. The fourth-order valence-electron chi connectivity index (χ4n) is 2.54. The average Bonchev–Trinajstić information content (AvgIpc) is 3.09. The summed E-state index contributed by atoms with van der Waals surface area (Å²) < 4.78 is 10.7. The summed E-state index contributed by atoms with van der Waals surface area (Å²) in [6.07, 6.45) is 5.30. The third kappa shape index (κ3) is 3.15. The maximum atomic E-state index is 6.19. The first-order chi connectivity index (χ1) is 9.26. The molecule has 4 heteroatoms. The highest BCUT2D eigenvalue weighted by Crippen LogP contribution is 2.40. The van der Waals surface area contributed by atoms with Crippen molar-refractivity contribution in [2.45, 2.75) is 45.2 Å². The SMILES string of the molecule is CCC(CC1CC1)NCc1cc(Cl)c2c(c1)OCO2. The molecule has 1 atom stereocenters. The van der Waals surface area contributed by atoms with E-state index in [2.05, 4.69) is 12.2 Å². The van der Waals surface area contributed by atoms with Crippen LogP contribution in [-0.2, 0) is 6.54 Å². The summed E-state index contributed by atoms with van der Waals surface area (Å²) in [6, 6.07) is 4.59. The molecule has 1 fully saturated rings. The zero-order valence-electron chi connectivity index (χ0n) is 11.2. The van der Waals surface area contributed by atoms with E-state index in [9.17, 15) is 0 Å². The fourth-order valence-corrected chi connectivity index (χ4v) is 2.82. The minimum absolute atomic E-state index is 0.269. The van der Waals surface area contributed by atoms with Crippen molar-refractivity contribution in [1.82, 2.24) is 5.32 Å². The molecule has 19 heavy (non-hydrogen) atoms. The molecule has 1 N–H and O–H groups in total. The lowest BCUT2D eigenvalue weighted by Gasteiger charge is -2.17. The van der Waals surface area contributed by atoms with Gasteiger partial charge >= 0.3 is 0 Å². The minimum atomic E-state index is 0.269. The molecular weight excluding hydrogens is 262 g/mol. The Kier molecular flexibility index (Phi) is 3.85. The average molecular weight is 282 g/mol. The van der Waals surface area contributed by atoms with E-state index in [1.165, 1.54) is 25.7 Å². The Morgan fingerprint density at radius 1 is 1.37 bits per heavy atom. The summed E-state index contributed by atoms with van der Waals surface area (Å²) in [5.41, 5.74) is 1.16. The second kappa shape index (κ2) is 5.59. The molecule has 104 valence electrons. The van der Waals surface area contributed by atoms with Gasteiger partial charge in [-0.1, -0.05) is 31.4 Å². The maximum absolute atomic E-state index is 6.19. The van der Waals surface area contributed by atoms with Gasteiger partial charge in [0.15, 0.2) is 11.5 Å². The lowest BCUT2D eigenvalue weighted by Crippen LogP contribution is -2.28. The topological polar surface area (TPSA) is 30.5 Å². The highest BCUT2D eigenvalue weighted by Gasteiger charge is 2.24. The highest BCUT2D eigenvalue weighted by molar-refractivity contribution is 6.32. The molecule has 1 unspecified atom stereocenters. The maximum Gasteiger partial charge on any atom is 0.231 e. The van der Waals surface area contributed by atoms with Crippen molar-refractivity contribution in [3.63, 3.8) is 0 Å². The van der Waals surface area contributed by atoms with Gasteiger partial charge in [0.1, 0.15) is 0 Å². The normalized spacial score (nSPS) is 18.6. The van der Waals surface area contributed by atoms with Gasteiger partial charge in [-0.3, -0.25) is 0 Å². The van der Waals surface area contributed by atoms with E-state index in [1.54, 1.807) is 0 Å². The molecule has 1 heterocycles. The van der Waals surface area contributed by atoms with Crippen molar-refractivity contribution in [2.24, 2.45) is 5.92 Å². The Bertz CT molecular complexity index is 460. The first kappa shape index (κ1) is 13.1. The van der Waals surface area contributed by atoms with Crippen LogP contribution in [0.5, 0.6) is 11.5 Å². The standard InChI is InChI=1S/C15H20ClNO2/c1-2-12(5-10-3-4-10)17-8-11-6-13(16)15-14(7-11)18-9-19-15/h6-7,10,12,17H,2-5,8-9H2,1H3. The van der Waals surface area contributed by atoms with E-state index in [1.807, 2.05) is 12.1 Å². The zero-order chi connectivity index (χ0) is 13.2. The van der Waals surface area contributed by atoms with Crippen LogP contribution >= 0.6 is 11.6 Å². The number of rotatable bonds is 6. The Morgan fingerprint density at radius 2 is 2.21 bits per heavy atom. The van der Waals surface area contributed by atoms with E-state index in [0.29, 0.717) is 16.8 Å². The third-order valence-corrected chi connectivity index (χ3v) is 4.17. The van der Waals surface area contributed by atoms with Crippen molar-refractivity contribution in [2.75, 3.05) is 6.79 Å². The smallest absolute Gasteiger partial charge is 0.231 e. The predicted molar refractivity (Wildman–Crippen MR) is 75.8 cm³/mol. The summed E-state index contributed by atoms with van der Waals surface area (Å²) in [4.78, 5) is 0. The van der Waals surface area contributed by atoms with Crippen LogP contribution in [-0.4, -0.2) is 12.8 Å². The van der Waals surface area contributed by atoms with Crippen molar-refractivity contribution < 1.29 is 9.47 Å². The number of benzene rings is 1. The number of nitrogens with one attached hydrogen (secondary N) is 1. The number of hydrogen-bond donors (Lipinski definition) is 1. The van der Waals surface area contributed by atoms with Crippen LogP contribution in [0.1, 0.15) is 38.2 Å². The van der Waals surface area contributed by atoms with Crippen LogP contribution in [0.25, 0.3) is 0 Å². The summed E-state index contributed by atoms with van der Waals surface area (Å²) in [5.74, 6) is 2.40. The molecule has 0 bridgehead atoms. The molecule has 3 rings (SSSR count). The van der Waals surface area contributed by atoms with Gasteiger partial charge < -0.3 is 14.8 Å². The van der Waals surface area contributed by atoms with Crippen LogP contribution in [0.2, 0.25) is 5.02 Å². The monoisotopic (exact) mass is 281 g/mol. The van der Waals surface area contributed by atoms with Gasteiger partial charge in [0.05, 0.1) is 5.02 Å². The molecule has 0 aromatic heterocycles.